The second-order valence-electron chi connectivity index (χ2n) is 7.87. The highest BCUT2D eigenvalue weighted by Gasteiger charge is 2.27. The maximum Gasteiger partial charge on any atom is 0.246 e. The predicted octanol–water partition coefficient (Wildman–Crippen LogP) is 1.90. The van der Waals surface area contributed by atoms with Crippen molar-refractivity contribution in [2.24, 2.45) is 0 Å². The molecule has 0 unspecified atom stereocenters. The molecule has 0 aliphatic heterocycles. The van der Waals surface area contributed by atoms with Crippen LogP contribution in [0.15, 0.2) is 36.7 Å². The van der Waals surface area contributed by atoms with Crippen LogP contribution in [0.25, 0.3) is 0 Å². The van der Waals surface area contributed by atoms with Crippen LogP contribution in [-0.2, 0) is 22.7 Å². The zero-order valence-corrected chi connectivity index (χ0v) is 16.4. The third kappa shape index (κ3) is 4.37. The largest absolute Gasteiger partial charge is 0.323 e. The highest BCUT2D eigenvalue weighted by atomic mass is 16.2. The smallest absolute Gasteiger partial charge is 0.246 e. The molecule has 0 saturated heterocycles. The fraction of sp³-hybridized carbons (Fsp3) is 0.400. The number of anilines is 2. The highest BCUT2D eigenvalue weighted by molar-refractivity contribution is 5.99. The van der Waals surface area contributed by atoms with E-state index in [1.165, 1.54) is 9.36 Å². The molecule has 10 heteroatoms. The number of aromatic nitrogens is 6. The molecule has 154 valence electrons. The molecule has 2 aliphatic rings. The zero-order valence-electron chi connectivity index (χ0n) is 16.4. The molecule has 30 heavy (non-hydrogen) atoms. The van der Waals surface area contributed by atoms with Gasteiger partial charge >= 0.3 is 0 Å². The lowest BCUT2D eigenvalue weighted by molar-refractivity contribution is -0.117. The van der Waals surface area contributed by atoms with E-state index in [9.17, 15) is 9.59 Å². The fourth-order valence-electron chi connectivity index (χ4n) is 3.29. The van der Waals surface area contributed by atoms with Gasteiger partial charge in [0.15, 0.2) is 0 Å². The molecule has 2 aliphatic carbocycles. The third-order valence-corrected chi connectivity index (χ3v) is 5.19. The SMILES string of the molecule is O=C(Cn1cc(C2CC2)nn1)Nc1ccccc1NC(=O)Cn1cc(C2CC2)nn1. The first-order chi connectivity index (χ1) is 14.6. The monoisotopic (exact) mass is 406 g/mol. The van der Waals surface area contributed by atoms with Gasteiger partial charge in [-0.3, -0.25) is 9.59 Å². The van der Waals surface area contributed by atoms with Crippen LogP contribution < -0.4 is 10.6 Å². The minimum atomic E-state index is -0.241. The van der Waals surface area contributed by atoms with Crippen LogP contribution in [0, 0.1) is 0 Å². The summed E-state index contributed by atoms with van der Waals surface area (Å²) in [7, 11) is 0. The van der Waals surface area contributed by atoms with Crippen molar-refractivity contribution < 1.29 is 9.59 Å². The number of benzene rings is 1. The van der Waals surface area contributed by atoms with Gasteiger partial charge in [-0.25, -0.2) is 9.36 Å². The number of nitrogens with one attached hydrogen (secondary N) is 2. The van der Waals surface area contributed by atoms with Gasteiger partial charge in [0.1, 0.15) is 13.1 Å². The number of nitrogens with zero attached hydrogens (tertiary/aromatic N) is 6. The molecule has 1 aromatic carbocycles. The Morgan fingerprint density at radius 1 is 0.800 bits per heavy atom. The molecule has 0 spiro atoms. The predicted molar refractivity (Wildman–Crippen MR) is 108 cm³/mol. The van der Waals surface area contributed by atoms with Crippen LogP contribution in [0.2, 0.25) is 0 Å². The first-order valence-electron chi connectivity index (χ1n) is 10.1. The molecule has 2 N–H and O–H groups in total. The van der Waals surface area contributed by atoms with Crippen molar-refractivity contribution in [3.8, 4) is 0 Å². The summed E-state index contributed by atoms with van der Waals surface area (Å²) in [4.78, 5) is 24.9. The Hall–Kier alpha value is -3.56. The quantitative estimate of drug-likeness (QED) is 0.590. The summed E-state index contributed by atoms with van der Waals surface area (Å²) in [5, 5.41) is 21.9. The summed E-state index contributed by atoms with van der Waals surface area (Å²) in [6.07, 6.45) is 8.17. The van der Waals surface area contributed by atoms with E-state index in [1.54, 1.807) is 24.3 Å². The number of carbonyl (C=O) groups excluding carboxylic acids is 2. The van der Waals surface area contributed by atoms with Crippen molar-refractivity contribution in [3.05, 3.63) is 48.0 Å². The van der Waals surface area contributed by atoms with Crippen LogP contribution in [0.5, 0.6) is 0 Å². The molecule has 10 nitrogen and oxygen atoms in total. The van der Waals surface area contributed by atoms with Crippen LogP contribution in [-0.4, -0.2) is 41.8 Å². The van der Waals surface area contributed by atoms with Crippen LogP contribution in [0.3, 0.4) is 0 Å². The number of hydrogen-bond acceptors (Lipinski definition) is 6. The van der Waals surface area contributed by atoms with E-state index < -0.39 is 0 Å². The maximum atomic E-state index is 12.4. The summed E-state index contributed by atoms with van der Waals surface area (Å²) in [6.45, 7) is 0.121. The standard InChI is InChI=1S/C20H22N8O2/c29-19(11-27-9-17(23-25-27)13-5-6-13)21-15-3-1-2-4-16(15)22-20(30)12-28-10-18(24-26-28)14-7-8-14/h1-4,9-10,13-14H,5-8,11-12H2,(H,21,29)(H,22,30). The molecule has 2 amide bonds. The Labute approximate surface area is 172 Å². The van der Waals surface area contributed by atoms with Gasteiger partial charge < -0.3 is 10.6 Å². The van der Waals surface area contributed by atoms with Crippen molar-refractivity contribution in [1.29, 1.82) is 0 Å². The van der Waals surface area contributed by atoms with E-state index in [0.29, 0.717) is 23.2 Å². The number of rotatable bonds is 8. The zero-order chi connectivity index (χ0) is 20.5. The van der Waals surface area contributed by atoms with Gasteiger partial charge in [0, 0.05) is 24.2 Å². The van der Waals surface area contributed by atoms with E-state index in [0.717, 1.165) is 37.1 Å². The Kier molecular flexibility index (Phi) is 4.74. The molecular weight excluding hydrogens is 384 g/mol. The van der Waals surface area contributed by atoms with Gasteiger partial charge in [-0.05, 0) is 37.8 Å². The molecule has 2 saturated carbocycles. The third-order valence-electron chi connectivity index (χ3n) is 5.19. The second-order valence-corrected chi connectivity index (χ2v) is 7.87. The summed E-state index contributed by atoms with van der Waals surface area (Å²) in [5.74, 6) is 0.495. The number of amides is 2. The summed E-state index contributed by atoms with van der Waals surface area (Å²) in [5.41, 5.74) is 2.92. The Morgan fingerprint density at radius 2 is 1.23 bits per heavy atom. The second kappa shape index (κ2) is 7.69. The fourth-order valence-corrected chi connectivity index (χ4v) is 3.29. The number of carbonyl (C=O) groups is 2. The van der Waals surface area contributed by atoms with Crippen molar-refractivity contribution in [3.63, 3.8) is 0 Å². The van der Waals surface area contributed by atoms with E-state index in [-0.39, 0.29) is 24.9 Å². The van der Waals surface area contributed by atoms with E-state index in [1.807, 2.05) is 12.4 Å². The van der Waals surface area contributed by atoms with Crippen LogP contribution in [0.1, 0.15) is 48.9 Å². The van der Waals surface area contributed by atoms with Gasteiger partial charge in [-0.1, -0.05) is 22.6 Å². The molecule has 2 heterocycles. The van der Waals surface area contributed by atoms with E-state index >= 15 is 0 Å². The first-order valence-corrected chi connectivity index (χ1v) is 10.1. The molecular formula is C20H22N8O2. The van der Waals surface area contributed by atoms with Crippen molar-refractivity contribution in [2.75, 3.05) is 10.6 Å². The number of hydrogen-bond donors (Lipinski definition) is 2. The maximum absolute atomic E-state index is 12.4. The van der Waals surface area contributed by atoms with Crippen molar-refractivity contribution in [2.45, 2.75) is 50.6 Å². The van der Waals surface area contributed by atoms with Crippen molar-refractivity contribution >= 4 is 23.2 Å². The Morgan fingerprint density at radius 3 is 1.63 bits per heavy atom. The number of para-hydroxylation sites is 2. The van der Waals surface area contributed by atoms with Crippen LogP contribution in [0.4, 0.5) is 11.4 Å². The normalized spacial score (nSPS) is 15.7. The van der Waals surface area contributed by atoms with Gasteiger partial charge in [-0.15, -0.1) is 10.2 Å². The molecule has 5 rings (SSSR count). The van der Waals surface area contributed by atoms with E-state index in [4.69, 9.17) is 0 Å². The van der Waals surface area contributed by atoms with Gasteiger partial charge in [0.05, 0.1) is 22.8 Å². The van der Waals surface area contributed by atoms with Crippen molar-refractivity contribution in [1.82, 2.24) is 30.0 Å². The first kappa shape index (κ1) is 18.5. The van der Waals surface area contributed by atoms with Gasteiger partial charge in [0.2, 0.25) is 11.8 Å². The molecule has 0 atom stereocenters. The summed E-state index contributed by atoms with van der Waals surface area (Å²) < 4.78 is 3.07. The molecule has 3 aromatic rings. The lowest BCUT2D eigenvalue weighted by Gasteiger charge is -2.12. The molecule has 0 radical (unpaired) electrons. The molecule has 2 aromatic heterocycles. The lowest BCUT2D eigenvalue weighted by atomic mass is 10.2. The minimum Gasteiger partial charge on any atom is -0.323 e. The van der Waals surface area contributed by atoms with E-state index in [2.05, 4.69) is 31.3 Å². The average molecular weight is 406 g/mol. The van der Waals surface area contributed by atoms with Crippen LogP contribution >= 0.6 is 0 Å². The Balaban J connectivity index is 1.19. The molecule has 2 fully saturated rings. The van der Waals surface area contributed by atoms with Gasteiger partial charge in [-0.2, -0.15) is 0 Å². The minimum absolute atomic E-state index is 0.0604. The van der Waals surface area contributed by atoms with Gasteiger partial charge in [0.25, 0.3) is 0 Å². The summed E-state index contributed by atoms with van der Waals surface area (Å²) >= 11 is 0. The highest BCUT2D eigenvalue weighted by Crippen LogP contribution is 2.39. The topological polar surface area (TPSA) is 120 Å². The average Bonchev–Trinajstić information content (AvgIpc) is 3.66. The summed E-state index contributed by atoms with van der Waals surface area (Å²) in [6, 6.07) is 7.08. The molecule has 0 bridgehead atoms. The Bertz CT molecular complexity index is 995. The lowest BCUT2D eigenvalue weighted by Crippen LogP contribution is -2.22.